The number of likely N-dealkylation sites (N-methyl/N-ethyl adjacent to an activating group) is 1. The van der Waals surface area contributed by atoms with Crippen LogP contribution in [0.5, 0.6) is 11.5 Å². The second-order valence-corrected chi connectivity index (χ2v) is 3.56. The Morgan fingerprint density at radius 3 is 2.93 bits per heavy atom. The van der Waals surface area contributed by atoms with E-state index in [1.165, 1.54) is 0 Å². The molecule has 1 aromatic rings. The average molecular weight is 193 g/mol. The van der Waals surface area contributed by atoms with Gasteiger partial charge in [-0.25, -0.2) is 0 Å². The number of anilines is 1. The number of aryl methyl sites for hydroxylation is 1. The van der Waals surface area contributed by atoms with Crippen LogP contribution in [-0.4, -0.2) is 27.3 Å². The summed E-state index contributed by atoms with van der Waals surface area (Å²) in [6.45, 7) is 3.73. The van der Waals surface area contributed by atoms with E-state index in [1.54, 1.807) is 7.11 Å². The number of methoxy groups -OCH3 is 1. The standard InChI is InChI=1S/C11H15NO2/c1-8-6-9-11(7-10(8)13-3)14-5-4-12(9)2/h6-7H,4-5H2,1-3H3. The maximum Gasteiger partial charge on any atom is 0.146 e. The largest absolute Gasteiger partial charge is 0.496 e. The molecule has 0 aromatic heterocycles. The molecule has 0 fully saturated rings. The maximum atomic E-state index is 5.57. The lowest BCUT2D eigenvalue weighted by Gasteiger charge is -2.28. The summed E-state index contributed by atoms with van der Waals surface area (Å²) in [7, 11) is 3.76. The molecular formula is C11H15NO2. The van der Waals surface area contributed by atoms with Crippen molar-refractivity contribution in [1.82, 2.24) is 0 Å². The minimum absolute atomic E-state index is 0.746. The summed E-state index contributed by atoms with van der Waals surface area (Å²) in [4.78, 5) is 2.20. The Kier molecular flexibility index (Phi) is 2.23. The first-order chi connectivity index (χ1) is 6.72. The molecule has 0 aliphatic carbocycles. The van der Waals surface area contributed by atoms with Crippen LogP contribution in [0.15, 0.2) is 12.1 Å². The zero-order valence-corrected chi connectivity index (χ0v) is 8.83. The number of rotatable bonds is 1. The maximum absolute atomic E-state index is 5.57. The molecule has 1 aliphatic rings. The third-order valence-electron chi connectivity index (χ3n) is 2.57. The Bertz CT molecular complexity index is 349. The van der Waals surface area contributed by atoms with Crippen molar-refractivity contribution in [3.05, 3.63) is 17.7 Å². The molecule has 3 nitrogen and oxygen atoms in total. The van der Waals surface area contributed by atoms with Crippen molar-refractivity contribution in [1.29, 1.82) is 0 Å². The molecule has 0 unspecified atom stereocenters. The van der Waals surface area contributed by atoms with E-state index in [2.05, 4.69) is 18.0 Å². The lowest BCUT2D eigenvalue weighted by Crippen LogP contribution is -2.28. The molecular weight excluding hydrogens is 178 g/mol. The topological polar surface area (TPSA) is 21.7 Å². The SMILES string of the molecule is COc1cc2c(cc1C)N(C)CCO2. The fourth-order valence-corrected chi connectivity index (χ4v) is 1.70. The molecule has 0 spiro atoms. The summed E-state index contributed by atoms with van der Waals surface area (Å²) in [5.41, 5.74) is 2.29. The summed E-state index contributed by atoms with van der Waals surface area (Å²) in [5.74, 6) is 1.81. The quantitative estimate of drug-likeness (QED) is 0.679. The monoisotopic (exact) mass is 193 g/mol. The van der Waals surface area contributed by atoms with E-state index in [9.17, 15) is 0 Å². The highest BCUT2D eigenvalue weighted by atomic mass is 16.5. The highest BCUT2D eigenvalue weighted by Gasteiger charge is 2.16. The van der Waals surface area contributed by atoms with E-state index in [0.717, 1.165) is 35.9 Å². The smallest absolute Gasteiger partial charge is 0.146 e. The normalized spacial score (nSPS) is 14.6. The molecule has 76 valence electrons. The Balaban J connectivity index is 2.48. The molecule has 1 heterocycles. The van der Waals surface area contributed by atoms with Crippen LogP contribution < -0.4 is 14.4 Å². The molecule has 0 atom stereocenters. The van der Waals surface area contributed by atoms with E-state index < -0.39 is 0 Å². The lowest BCUT2D eigenvalue weighted by atomic mass is 10.1. The number of fused-ring (bicyclic) bond motifs is 1. The lowest BCUT2D eigenvalue weighted by molar-refractivity contribution is 0.308. The van der Waals surface area contributed by atoms with E-state index >= 15 is 0 Å². The Morgan fingerprint density at radius 2 is 2.21 bits per heavy atom. The van der Waals surface area contributed by atoms with E-state index in [1.807, 2.05) is 13.0 Å². The van der Waals surface area contributed by atoms with Crippen LogP contribution in [0, 0.1) is 6.92 Å². The minimum atomic E-state index is 0.746. The summed E-state index contributed by atoms with van der Waals surface area (Å²) in [6, 6.07) is 4.06. The van der Waals surface area contributed by atoms with Gasteiger partial charge in [0.15, 0.2) is 0 Å². The molecule has 3 heteroatoms. The molecule has 1 aliphatic heterocycles. The van der Waals surface area contributed by atoms with E-state index in [0.29, 0.717) is 0 Å². The summed E-state index contributed by atoms with van der Waals surface area (Å²) in [5, 5.41) is 0. The van der Waals surface area contributed by atoms with Crippen LogP contribution in [0.25, 0.3) is 0 Å². The Hall–Kier alpha value is -1.38. The number of hydrogen-bond donors (Lipinski definition) is 0. The molecule has 0 N–H and O–H groups in total. The first kappa shape index (κ1) is 9.19. The molecule has 0 saturated heterocycles. The van der Waals surface area contributed by atoms with Crippen molar-refractivity contribution >= 4 is 5.69 Å². The van der Waals surface area contributed by atoms with Crippen LogP contribution in [0.2, 0.25) is 0 Å². The number of hydrogen-bond acceptors (Lipinski definition) is 3. The van der Waals surface area contributed by atoms with Gasteiger partial charge in [0.25, 0.3) is 0 Å². The van der Waals surface area contributed by atoms with Crippen molar-refractivity contribution < 1.29 is 9.47 Å². The van der Waals surface area contributed by atoms with Crippen LogP contribution >= 0.6 is 0 Å². The van der Waals surface area contributed by atoms with Gasteiger partial charge in [-0.1, -0.05) is 0 Å². The molecule has 0 saturated carbocycles. The Labute approximate surface area is 84.2 Å². The van der Waals surface area contributed by atoms with Crippen molar-refractivity contribution in [3.63, 3.8) is 0 Å². The Morgan fingerprint density at radius 1 is 1.43 bits per heavy atom. The van der Waals surface area contributed by atoms with Crippen molar-refractivity contribution in [2.24, 2.45) is 0 Å². The summed E-state index contributed by atoms with van der Waals surface area (Å²) >= 11 is 0. The van der Waals surface area contributed by atoms with Gasteiger partial charge < -0.3 is 14.4 Å². The zero-order chi connectivity index (χ0) is 10.1. The van der Waals surface area contributed by atoms with Crippen molar-refractivity contribution in [2.75, 3.05) is 32.2 Å². The second-order valence-electron chi connectivity index (χ2n) is 3.56. The number of benzene rings is 1. The van der Waals surface area contributed by atoms with Crippen molar-refractivity contribution in [2.45, 2.75) is 6.92 Å². The molecule has 0 bridgehead atoms. The first-order valence-corrected chi connectivity index (χ1v) is 4.75. The van der Waals surface area contributed by atoms with Gasteiger partial charge in [-0.05, 0) is 18.6 Å². The van der Waals surface area contributed by atoms with E-state index in [4.69, 9.17) is 9.47 Å². The number of nitrogens with zero attached hydrogens (tertiary/aromatic N) is 1. The van der Waals surface area contributed by atoms with Crippen LogP contribution in [0.4, 0.5) is 5.69 Å². The first-order valence-electron chi connectivity index (χ1n) is 4.75. The van der Waals surface area contributed by atoms with Gasteiger partial charge in [-0.2, -0.15) is 0 Å². The third-order valence-corrected chi connectivity index (χ3v) is 2.57. The van der Waals surface area contributed by atoms with Crippen LogP contribution in [-0.2, 0) is 0 Å². The molecule has 0 radical (unpaired) electrons. The van der Waals surface area contributed by atoms with Gasteiger partial charge in [-0.3, -0.25) is 0 Å². The predicted octanol–water partition coefficient (Wildman–Crippen LogP) is 1.83. The summed E-state index contributed by atoms with van der Waals surface area (Å²) in [6.07, 6.45) is 0. The molecule has 14 heavy (non-hydrogen) atoms. The zero-order valence-electron chi connectivity index (χ0n) is 8.83. The average Bonchev–Trinajstić information content (AvgIpc) is 2.19. The minimum Gasteiger partial charge on any atom is -0.496 e. The van der Waals surface area contributed by atoms with Gasteiger partial charge in [0.05, 0.1) is 19.3 Å². The van der Waals surface area contributed by atoms with Crippen LogP contribution in [0.1, 0.15) is 5.56 Å². The molecule has 1 aromatic carbocycles. The summed E-state index contributed by atoms with van der Waals surface area (Å²) < 4.78 is 10.8. The fourth-order valence-electron chi connectivity index (χ4n) is 1.70. The van der Waals surface area contributed by atoms with Gasteiger partial charge in [0, 0.05) is 13.1 Å². The van der Waals surface area contributed by atoms with Crippen molar-refractivity contribution in [3.8, 4) is 11.5 Å². The highest BCUT2D eigenvalue weighted by Crippen LogP contribution is 2.36. The van der Waals surface area contributed by atoms with Gasteiger partial charge in [0.1, 0.15) is 18.1 Å². The second kappa shape index (κ2) is 3.40. The third kappa shape index (κ3) is 1.39. The van der Waals surface area contributed by atoms with Gasteiger partial charge in [0.2, 0.25) is 0 Å². The van der Waals surface area contributed by atoms with E-state index in [-0.39, 0.29) is 0 Å². The highest BCUT2D eigenvalue weighted by molar-refractivity contribution is 5.64. The predicted molar refractivity (Wildman–Crippen MR) is 56.5 cm³/mol. The fraction of sp³-hybridized carbons (Fsp3) is 0.455. The van der Waals surface area contributed by atoms with Gasteiger partial charge >= 0.3 is 0 Å². The van der Waals surface area contributed by atoms with Gasteiger partial charge in [-0.15, -0.1) is 0 Å². The number of ether oxygens (including phenoxy) is 2. The van der Waals surface area contributed by atoms with Crippen LogP contribution in [0.3, 0.4) is 0 Å². The molecule has 0 amide bonds. The molecule has 2 rings (SSSR count).